The average Bonchev–Trinajstić information content (AvgIpc) is 2.32. The van der Waals surface area contributed by atoms with Crippen LogP contribution < -0.4 is 5.43 Å². The lowest BCUT2D eigenvalue weighted by Crippen LogP contribution is -2.52. The number of nitrogens with zero attached hydrogens (tertiary/aromatic N) is 3. The number of carbonyl (C=O) groups excluding carboxylic acids is 1. The van der Waals surface area contributed by atoms with Crippen molar-refractivity contribution in [3.8, 4) is 5.75 Å². The van der Waals surface area contributed by atoms with Gasteiger partial charge in [0.2, 0.25) is 0 Å². The van der Waals surface area contributed by atoms with Crippen molar-refractivity contribution in [2.45, 2.75) is 0 Å². The van der Waals surface area contributed by atoms with E-state index in [2.05, 4.69) is 15.3 Å². The van der Waals surface area contributed by atoms with E-state index in [1.165, 1.54) is 18.5 Å². The van der Waals surface area contributed by atoms with E-state index in [1.54, 1.807) is 0 Å². The molecular weight excluding hydrogens is 220 g/mol. The number of piperazine rings is 1. The van der Waals surface area contributed by atoms with Gasteiger partial charge in [0.05, 0.1) is 11.8 Å². The van der Waals surface area contributed by atoms with E-state index in [0.717, 1.165) is 26.2 Å². The maximum absolute atomic E-state index is 11.9. The predicted molar refractivity (Wildman–Crippen MR) is 62.4 cm³/mol. The Morgan fingerprint density at radius 1 is 1.41 bits per heavy atom. The number of hydrogen-bond donors (Lipinski definition) is 2. The number of hydrazine groups is 1. The molecule has 1 aromatic rings. The number of aromatic nitrogens is 1. The van der Waals surface area contributed by atoms with Crippen LogP contribution in [0.1, 0.15) is 10.4 Å². The van der Waals surface area contributed by atoms with E-state index in [1.807, 2.05) is 12.1 Å². The molecule has 0 radical (unpaired) electrons. The van der Waals surface area contributed by atoms with Gasteiger partial charge in [-0.2, -0.15) is 0 Å². The molecule has 6 heteroatoms. The fourth-order valence-corrected chi connectivity index (χ4v) is 1.70. The van der Waals surface area contributed by atoms with Crippen LogP contribution in [0.3, 0.4) is 0 Å². The zero-order valence-corrected chi connectivity index (χ0v) is 9.76. The van der Waals surface area contributed by atoms with E-state index in [9.17, 15) is 9.90 Å². The van der Waals surface area contributed by atoms with Gasteiger partial charge in [-0.25, -0.2) is 5.01 Å². The zero-order valence-electron chi connectivity index (χ0n) is 9.76. The van der Waals surface area contributed by atoms with Crippen LogP contribution in [0.25, 0.3) is 0 Å². The quantitative estimate of drug-likeness (QED) is 0.736. The van der Waals surface area contributed by atoms with Crippen LogP contribution in [0.15, 0.2) is 18.5 Å². The van der Waals surface area contributed by atoms with Crippen molar-refractivity contribution in [1.29, 1.82) is 0 Å². The second kappa shape index (κ2) is 5.11. The molecule has 0 bridgehead atoms. The Morgan fingerprint density at radius 2 is 2.12 bits per heavy atom. The Morgan fingerprint density at radius 3 is 2.76 bits per heavy atom. The fraction of sp³-hybridized carbons (Fsp3) is 0.455. The molecule has 0 saturated carbocycles. The van der Waals surface area contributed by atoms with Crippen LogP contribution in [0.2, 0.25) is 0 Å². The third-order valence-electron chi connectivity index (χ3n) is 2.81. The van der Waals surface area contributed by atoms with Crippen molar-refractivity contribution >= 4 is 5.91 Å². The average molecular weight is 236 g/mol. The molecule has 0 aromatic carbocycles. The Bertz CT molecular complexity index is 402. The summed E-state index contributed by atoms with van der Waals surface area (Å²) in [6, 6.07) is 1.50. The van der Waals surface area contributed by atoms with Crippen molar-refractivity contribution in [3.05, 3.63) is 24.0 Å². The first-order chi connectivity index (χ1) is 8.16. The molecule has 0 spiro atoms. The largest absolute Gasteiger partial charge is 0.505 e. The SMILES string of the molecule is CN1CCN(NC(=O)c2ccncc2O)CC1. The minimum Gasteiger partial charge on any atom is -0.505 e. The molecule has 2 N–H and O–H groups in total. The first kappa shape index (κ1) is 11.8. The number of carbonyl (C=O) groups is 1. The summed E-state index contributed by atoms with van der Waals surface area (Å²) in [6.07, 6.45) is 2.75. The van der Waals surface area contributed by atoms with E-state index in [4.69, 9.17) is 0 Å². The molecule has 92 valence electrons. The van der Waals surface area contributed by atoms with Crippen LogP contribution in [0.5, 0.6) is 5.75 Å². The predicted octanol–water partition coefficient (Wildman–Crippen LogP) is -0.321. The second-order valence-electron chi connectivity index (χ2n) is 4.12. The van der Waals surface area contributed by atoms with Gasteiger partial charge in [0.15, 0.2) is 0 Å². The van der Waals surface area contributed by atoms with Gasteiger partial charge in [-0.3, -0.25) is 15.2 Å². The summed E-state index contributed by atoms with van der Waals surface area (Å²) in [5.74, 6) is -0.395. The van der Waals surface area contributed by atoms with Crippen LogP contribution >= 0.6 is 0 Å². The normalized spacial score (nSPS) is 17.9. The van der Waals surface area contributed by atoms with E-state index < -0.39 is 0 Å². The van der Waals surface area contributed by atoms with Crippen molar-refractivity contribution in [1.82, 2.24) is 20.3 Å². The summed E-state index contributed by atoms with van der Waals surface area (Å²) >= 11 is 0. The summed E-state index contributed by atoms with van der Waals surface area (Å²) in [7, 11) is 2.05. The highest BCUT2D eigenvalue weighted by Crippen LogP contribution is 2.13. The number of nitrogens with one attached hydrogen (secondary N) is 1. The van der Waals surface area contributed by atoms with Gasteiger partial charge in [-0.15, -0.1) is 0 Å². The lowest BCUT2D eigenvalue weighted by molar-refractivity contribution is 0.0660. The topological polar surface area (TPSA) is 68.7 Å². The second-order valence-corrected chi connectivity index (χ2v) is 4.12. The highest BCUT2D eigenvalue weighted by molar-refractivity contribution is 5.96. The van der Waals surface area contributed by atoms with Gasteiger partial charge in [0.1, 0.15) is 5.75 Å². The molecule has 0 aliphatic carbocycles. The third-order valence-corrected chi connectivity index (χ3v) is 2.81. The first-order valence-corrected chi connectivity index (χ1v) is 5.54. The van der Waals surface area contributed by atoms with Gasteiger partial charge in [0.25, 0.3) is 5.91 Å². The van der Waals surface area contributed by atoms with Gasteiger partial charge in [-0.1, -0.05) is 0 Å². The molecule has 1 aliphatic heterocycles. The van der Waals surface area contributed by atoms with Gasteiger partial charge < -0.3 is 10.0 Å². The van der Waals surface area contributed by atoms with E-state index in [0.29, 0.717) is 0 Å². The summed E-state index contributed by atoms with van der Waals surface area (Å²) in [4.78, 5) is 17.8. The molecule has 2 rings (SSSR count). The number of aromatic hydroxyl groups is 1. The van der Waals surface area contributed by atoms with Crippen LogP contribution in [0, 0.1) is 0 Å². The lowest BCUT2D eigenvalue weighted by Gasteiger charge is -2.32. The Kier molecular flexibility index (Phi) is 3.55. The highest BCUT2D eigenvalue weighted by atomic mass is 16.3. The van der Waals surface area contributed by atoms with E-state index >= 15 is 0 Å². The number of pyridine rings is 1. The van der Waals surface area contributed by atoms with Gasteiger partial charge >= 0.3 is 0 Å². The van der Waals surface area contributed by atoms with Gasteiger partial charge in [-0.05, 0) is 13.1 Å². The van der Waals surface area contributed by atoms with E-state index in [-0.39, 0.29) is 17.2 Å². The molecule has 17 heavy (non-hydrogen) atoms. The Balaban J connectivity index is 1.96. The minimum atomic E-state index is -0.297. The summed E-state index contributed by atoms with van der Waals surface area (Å²) < 4.78 is 0. The molecule has 1 aromatic heterocycles. The number of rotatable bonds is 2. The van der Waals surface area contributed by atoms with Crippen molar-refractivity contribution in [2.24, 2.45) is 0 Å². The zero-order chi connectivity index (χ0) is 12.3. The standard InChI is InChI=1S/C11H16N4O2/c1-14-4-6-15(7-5-14)13-11(17)9-2-3-12-8-10(9)16/h2-3,8,16H,4-7H2,1H3,(H,13,17). The van der Waals surface area contributed by atoms with Crippen molar-refractivity contribution in [2.75, 3.05) is 33.2 Å². The van der Waals surface area contributed by atoms with Crippen molar-refractivity contribution < 1.29 is 9.90 Å². The van der Waals surface area contributed by atoms with Crippen LogP contribution in [0.4, 0.5) is 0 Å². The maximum Gasteiger partial charge on any atom is 0.269 e. The van der Waals surface area contributed by atoms with Gasteiger partial charge in [0, 0.05) is 32.4 Å². The smallest absolute Gasteiger partial charge is 0.269 e. The highest BCUT2D eigenvalue weighted by Gasteiger charge is 2.18. The Hall–Kier alpha value is -1.66. The molecule has 0 unspecified atom stereocenters. The van der Waals surface area contributed by atoms with Crippen molar-refractivity contribution in [3.63, 3.8) is 0 Å². The third kappa shape index (κ3) is 2.92. The van der Waals surface area contributed by atoms with Crippen LogP contribution in [-0.4, -0.2) is 59.1 Å². The van der Waals surface area contributed by atoms with Crippen LogP contribution in [-0.2, 0) is 0 Å². The summed E-state index contributed by atoms with van der Waals surface area (Å²) in [6.45, 7) is 3.41. The molecule has 1 aliphatic rings. The molecular formula is C11H16N4O2. The molecule has 6 nitrogen and oxygen atoms in total. The summed E-state index contributed by atoms with van der Waals surface area (Å²) in [5, 5.41) is 11.4. The molecule has 1 fully saturated rings. The lowest BCUT2D eigenvalue weighted by atomic mass is 10.2. The number of hydrogen-bond acceptors (Lipinski definition) is 5. The Labute approximate surface area is 99.8 Å². The fourth-order valence-electron chi connectivity index (χ4n) is 1.70. The molecule has 0 atom stereocenters. The number of amides is 1. The maximum atomic E-state index is 11.9. The molecule has 2 heterocycles. The molecule has 1 saturated heterocycles. The number of likely N-dealkylation sites (N-methyl/N-ethyl adjacent to an activating group) is 1. The first-order valence-electron chi connectivity index (χ1n) is 5.54. The minimum absolute atomic E-state index is 0.0980. The monoisotopic (exact) mass is 236 g/mol. The summed E-state index contributed by atoms with van der Waals surface area (Å²) in [5.41, 5.74) is 3.03. The molecule has 1 amide bonds.